The van der Waals surface area contributed by atoms with Crippen LogP contribution in [0.5, 0.6) is 0 Å². The molecule has 2 N–H and O–H groups in total. The van der Waals surface area contributed by atoms with Crippen molar-refractivity contribution in [1.82, 2.24) is 25.4 Å². The second-order valence-corrected chi connectivity index (χ2v) is 8.34. The Labute approximate surface area is 187 Å². The van der Waals surface area contributed by atoms with E-state index < -0.39 is 0 Å². The average Bonchev–Trinajstić information content (AvgIpc) is 3.10. The molecule has 0 saturated carbocycles. The van der Waals surface area contributed by atoms with Crippen LogP contribution in [0.2, 0.25) is 0 Å². The fraction of sp³-hybridized carbons (Fsp3) is 0.696. The summed E-state index contributed by atoms with van der Waals surface area (Å²) < 4.78 is 0. The summed E-state index contributed by atoms with van der Waals surface area (Å²) in [6.07, 6.45) is 8.84. The SMILES string of the molecule is CN=C(NCCCN1CCCCCC1)NCCC(=O)N1CCN(c2ccccn2)CC1. The molecule has 2 saturated heterocycles. The number of nitrogens with zero attached hydrogens (tertiary/aromatic N) is 5. The number of guanidine groups is 1. The van der Waals surface area contributed by atoms with Gasteiger partial charge < -0.3 is 25.3 Å². The summed E-state index contributed by atoms with van der Waals surface area (Å²) in [6, 6.07) is 5.95. The van der Waals surface area contributed by atoms with Gasteiger partial charge in [-0.1, -0.05) is 18.9 Å². The van der Waals surface area contributed by atoms with E-state index in [1.165, 1.54) is 38.8 Å². The first kappa shape index (κ1) is 23.3. The van der Waals surface area contributed by atoms with Gasteiger partial charge in [-0.2, -0.15) is 0 Å². The number of carbonyl (C=O) groups is 1. The second-order valence-electron chi connectivity index (χ2n) is 8.34. The summed E-state index contributed by atoms with van der Waals surface area (Å²) in [5, 5.41) is 6.66. The third-order valence-electron chi connectivity index (χ3n) is 6.10. The van der Waals surface area contributed by atoms with Crippen LogP contribution >= 0.6 is 0 Å². The topological polar surface area (TPSA) is 76.1 Å². The van der Waals surface area contributed by atoms with Crippen LogP contribution in [0.4, 0.5) is 5.82 Å². The fourth-order valence-corrected chi connectivity index (χ4v) is 4.26. The van der Waals surface area contributed by atoms with E-state index in [9.17, 15) is 4.79 Å². The monoisotopic (exact) mass is 429 g/mol. The third-order valence-corrected chi connectivity index (χ3v) is 6.10. The highest BCUT2D eigenvalue weighted by atomic mass is 16.2. The molecular weight excluding hydrogens is 390 g/mol. The third kappa shape index (κ3) is 8.01. The zero-order valence-electron chi connectivity index (χ0n) is 19.1. The summed E-state index contributed by atoms with van der Waals surface area (Å²) >= 11 is 0. The lowest BCUT2D eigenvalue weighted by Gasteiger charge is -2.35. The molecule has 8 nitrogen and oxygen atoms in total. The van der Waals surface area contributed by atoms with Crippen molar-refractivity contribution in [3.05, 3.63) is 24.4 Å². The molecule has 31 heavy (non-hydrogen) atoms. The fourth-order valence-electron chi connectivity index (χ4n) is 4.26. The first-order valence-corrected chi connectivity index (χ1v) is 11.9. The highest BCUT2D eigenvalue weighted by Crippen LogP contribution is 2.13. The van der Waals surface area contributed by atoms with E-state index in [0.717, 1.165) is 57.5 Å². The maximum absolute atomic E-state index is 12.6. The Morgan fingerprint density at radius 2 is 1.74 bits per heavy atom. The summed E-state index contributed by atoms with van der Waals surface area (Å²) in [6.45, 7) is 8.29. The minimum Gasteiger partial charge on any atom is -0.356 e. The van der Waals surface area contributed by atoms with Gasteiger partial charge in [-0.25, -0.2) is 4.98 Å². The minimum absolute atomic E-state index is 0.199. The van der Waals surface area contributed by atoms with E-state index in [1.807, 2.05) is 29.3 Å². The number of aliphatic imine (C=N–C) groups is 1. The van der Waals surface area contributed by atoms with Crippen LogP contribution in [0.3, 0.4) is 0 Å². The van der Waals surface area contributed by atoms with E-state index in [1.54, 1.807) is 7.05 Å². The molecule has 172 valence electrons. The van der Waals surface area contributed by atoms with Crippen LogP contribution < -0.4 is 15.5 Å². The van der Waals surface area contributed by atoms with E-state index in [4.69, 9.17) is 0 Å². The van der Waals surface area contributed by atoms with Crippen molar-refractivity contribution in [2.75, 3.05) is 70.9 Å². The summed E-state index contributed by atoms with van der Waals surface area (Å²) in [7, 11) is 1.78. The molecule has 2 aliphatic heterocycles. The van der Waals surface area contributed by atoms with Crippen molar-refractivity contribution >= 4 is 17.7 Å². The summed E-state index contributed by atoms with van der Waals surface area (Å²) in [4.78, 5) is 28.0. The minimum atomic E-state index is 0.199. The van der Waals surface area contributed by atoms with E-state index in [2.05, 4.69) is 30.4 Å². The number of pyridine rings is 1. The van der Waals surface area contributed by atoms with Gasteiger partial charge in [-0.05, 0) is 51.0 Å². The number of nitrogens with one attached hydrogen (secondary N) is 2. The largest absolute Gasteiger partial charge is 0.356 e. The zero-order valence-corrected chi connectivity index (χ0v) is 19.1. The molecule has 0 radical (unpaired) electrons. The van der Waals surface area contributed by atoms with Crippen LogP contribution in [0.25, 0.3) is 0 Å². The van der Waals surface area contributed by atoms with Crippen LogP contribution in [0.1, 0.15) is 38.5 Å². The second kappa shape index (κ2) is 13.1. The predicted octanol–water partition coefficient (Wildman–Crippen LogP) is 1.55. The number of rotatable bonds is 8. The maximum Gasteiger partial charge on any atom is 0.224 e. The van der Waals surface area contributed by atoms with Crippen LogP contribution in [-0.4, -0.2) is 92.6 Å². The molecule has 1 amide bonds. The quantitative estimate of drug-likeness (QED) is 0.371. The number of piperazine rings is 1. The molecule has 3 heterocycles. The van der Waals surface area contributed by atoms with Gasteiger partial charge >= 0.3 is 0 Å². The lowest BCUT2D eigenvalue weighted by Crippen LogP contribution is -2.49. The van der Waals surface area contributed by atoms with Crippen LogP contribution in [-0.2, 0) is 4.79 Å². The smallest absolute Gasteiger partial charge is 0.224 e. The number of anilines is 1. The predicted molar refractivity (Wildman–Crippen MR) is 127 cm³/mol. The molecule has 0 aromatic carbocycles. The Kier molecular flexibility index (Phi) is 9.89. The van der Waals surface area contributed by atoms with E-state index in [-0.39, 0.29) is 5.91 Å². The Morgan fingerprint density at radius 1 is 1.00 bits per heavy atom. The Hall–Kier alpha value is -2.35. The summed E-state index contributed by atoms with van der Waals surface area (Å²) in [5.74, 6) is 1.97. The Bertz CT molecular complexity index is 666. The molecule has 1 aromatic rings. The summed E-state index contributed by atoms with van der Waals surface area (Å²) in [5.41, 5.74) is 0. The van der Waals surface area contributed by atoms with Crippen LogP contribution in [0.15, 0.2) is 29.4 Å². The Balaban J connectivity index is 1.27. The number of hydrogen-bond donors (Lipinski definition) is 2. The lowest BCUT2D eigenvalue weighted by atomic mass is 10.2. The first-order valence-electron chi connectivity index (χ1n) is 11.9. The molecule has 0 unspecified atom stereocenters. The number of hydrogen-bond acceptors (Lipinski definition) is 5. The van der Waals surface area contributed by atoms with Gasteiger partial charge in [0.2, 0.25) is 5.91 Å². The van der Waals surface area contributed by atoms with Gasteiger partial charge in [0.05, 0.1) is 0 Å². The molecule has 0 bridgehead atoms. The molecule has 0 atom stereocenters. The van der Waals surface area contributed by atoms with Crippen molar-refractivity contribution in [2.45, 2.75) is 38.5 Å². The van der Waals surface area contributed by atoms with E-state index in [0.29, 0.717) is 13.0 Å². The molecular formula is C23H39N7O. The highest BCUT2D eigenvalue weighted by Gasteiger charge is 2.21. The van der Waals surface area contributed by atoms with Gasteiger partial charge in [0.1, 0.15) is 5.82 Å². The van der Waals surface area contributed by atoms with Crippen molar-refractivity contribution in [3.8, 4) is 0 Å². The number of amides is 1. The number of aromatic nitrogens is 1. The van der Waals surface area contributed by atoms with Gasteiger partial charge in [-0.3, -0.25) is 9.79 Å². The first-order chi connectivity index (χ1) is 15.3. The number of carbonyl (C=O) groups excluding carboxylic acids is 1. The molecule has 8 heteroatoms. The zero-order chi connectivity index (χ0) is 21.7. The average molecular weight is 430 g/mol. The standard InChI is InChI=1S/C23H39N7O/c1-24-23(26-12-8-16-28-14-6-2-3-7-15-28)27-13-10-22(31)30-19-17-29(18-20-30)21-9-4-5-11-25-21/h4-5,9,11H,2-3,6-8,10,12-20H2,1H3,(H2,24,26,27). The Morgan fingerprint density at radius 3 is 2.42 bits per heavy atom. The van der Waals surface area contributed by atoms with Gasteiger partial charge in [0.15, 0.2) is 5.96 Å². The van der Waals surface area contributed by atoms with Crippen molar-refractivity contribution in [3.63, 3.8) is 0 Å². The van der Waals surface area contributed by atoms with Crippen molar-refractivity contribution in [1.29, 1.82) is 0 Å². The molecule has 0 spiro atoms. The van der Waals surface area contributed by atoms with Gasteiger partial charge in [-0.15, -0.1) is 0 Å². The lowest BCUT2D eigenvalue weighted by molar-refractivity contribution is -0.131. The molecule has 2 fully saturated rings. The normalized spacial score (nSPS) is 18.5. The van der Waals surface area contributed by atoms with Crippen molar-refractivity contribution in [2.24, 2.45) is 4.99 Å². The maximum atomic E-state index is 12.6. The van der Waals surface area contributed by atoms with Gasteiger partial charge in [0.25, 0.3) is 0 Å². The number of likely N-dealkylation sites (tertiary alicyclic amines) is 1. The van der Waals surface area contributed by atoms with Gasteiger partial charge in [0, 0.05) is 58.9 Å². The van der Waals surface area contributed by atoms with E-state index >= 15 is 0 Å². The molecule has 1 aromatic heterocycles. The van der Waals surface area contributed by atoms with Crippen molar-refractivity contribution < 1.29 is 4.79 Å². The molecule has 3 rings (SSSR count). The van der Waals surface area contributed by atoms with Crippen LogP contribution in [0, 0.1) is 0 Å². The highest BCUT2D eigenvalue weighted by molar-refractivity contribution is 5.81. The molecule has 2 aliphatic rings. The molecule has 0 aliphatic carbocycles.